The van der Waals surface area contributed by atoms with Gasteiger partial charge in [0.05, 0.1) is 0 Å². The van der Waals surface area contributed by atoms with Crippen LogP contribution < -0.4 is 10.1 Å². The van der Waals surface area contributed by atoms with Gasteiger partial charge in [0.2, 0.25) is 0 Å². The molecule has 0 amide bonds. The molecule has 0 aliphatic heterocycles. The van der Waals surface area contributed by atoms with Crippen molar-refractivity contribution in [2.24, 2.45) is 0 Å². The highest BCUT2D eigenvalue weighted by Gasteiger charge is 2.25. The molecule has 25 heavy (non-hydrogen) atoms. The molecule has 1 fully saturated rings. The summed E-state index contributed by atoms with van der Waals surface area (Å²) >= 11 is 1.74. The van der Waals surface area contributed by atoms with E-state index >= 15 is 0 Å². The maximum atomic E-state index is 6.13. The van der Waals surface area contributed by atoms with Gasteiger partial charge in [-0.25, -0.2) is 0 Å². The molecule has 1 aliphatic carbocycles. The van der Waals surface area contributed by atoms with Crippen molar-refractivity contribution in [2.75, 3.05) is 26.9 Å². The molecule has 0 unspecified atom stereocenters. The van der Waals surface area contributed by atoms with E-state index in [9.17, 15) is 0 Å². The van der Waals surface area contributed by atoms with Gasteiger partial charge < -0.3 is 15.0 Å². The van der Waals surface area contributed by atoms with Crippen molar-refractivity contribution >= 4 is 11.8 Å². The predicted octanol–water partition coefficient (Wildman–Crippen LogP) is 4.56. The minimum Gasteiger partial charge on any atom is -0.457 e. The van der Waals surface area contributed by atoms with E-state index in [0.717, 1.165) is 37.1 Å². The van der Waals surface area contributed by atoms with E-state index < -0.39 is 0 Å². The van der Waals surface area contributed by atoms with Crippen LogP contribution in [0.5, 0.6) is 11.5 Å². The van der Waals surface area contributed by atoms with Crippen LogP contribution in [0.15, 0.2) is 47.4 Å². The molecule has 4 heteroatoms. The van der Waals surface area contributed by atoms with Crippen LogP contribution in [0.2, 0.25) is 0 Å². The molecule has 3 nitrogen and oxygen atoms in total. The Morgan fingerprint density at radius 3 is 2.56 bits per heavy atom. The molecule has 0 bridgehead atoms. The fraction of sp³-hybridized carbons (Fsp3) is 0.429. The number of hydrogen-bond donors (Lipinski definition) is 1. The number of rotatable bonds is 9. The standard InChI is InChI=1S/C21H28N2OS/c1-22-15-17-14-16(12-13-23(2)18-5-6-18)4-11-21(17)24-19-7-9-20(25-3)10-8-19/h4,7-11,14,18,22H,5-6,12-13,15H2,1-3H3. The van der Waals surface area contributed by atoms with Crippen LogP contribution >= 0.6 is 11.8 Å². The van der Waals surface area contributed by atoms with Gasteiger partial charge in [-0.1, -0.05) is 12.1 Å². The molecule has 0 saturated heterocycles. The van der Waals surface area contributed by atoms with E-state index in [2.05, 4.69) is 53.9 Å². The molecule has 2 aromatic rings. The molecule has 0 atom stereocenters. The maximum absolute atomic E-state index is 6.13. The zero-order chi connectivity index (χ0) is 17.6. The van der Waals surface area contributed by atoms with Gasteiger partial charge >= 0.3 is 0 Å². The number of thioether (sulfide) groups is 1. The van der Waals surface area contributed by atoms with Crippen LogP contribution in [0.4, 0.5) is 0 Å². The average Bonchev–Trinajstić information content (AvgIpc) is 3.47. The Bertz CT molecular complexity index is 683. The quantitative estimate of drug-likeness (QED) is 0.666. The van der Waals surface area contributed by atoms with Gasteiger partial charge in [-0.05, 0) is 75.5 Å². The first-order valence-electron chi connectivity index (χ1n) is 8.98. The van der Waals surface area contributed by atoms with Crippen molar-refractivity contribution in [1.82, 2.24) is 10.2 Å². The van der Waals surface area contributed by atoms with E-state index in [4.69, 9.17) is 4.74 Å². The Hall–Kier alpha value is -1.49. The van der Waals surface area contributed by atoms with E-state index in [0.29, 0.717) is 0 Å². The Morgan fingerprint density at radius 1 is 1.16 bits per heavy atom. The second kappa shape index (κ2) is 8.75. The SMILES string of the molecule is CNCc1cc(CCN(C)C2CC2)ccc1Oc1ccc(SC)cc1. The number of nitrogens with one attached hydrogen (secondary N) is 1. The van der Waals surface area contributed by atoms with Gasteiger partial charge in [-0.3, -0.25) is 0 Å². The van der Waals surface area contributed by atoms with Gasteiger partial charge in [0, 0.05) is 29.6 Å². The number of likely N-dealkylation sites (N-methyl/N-ethyl adjacent to an activating group) is 1. The van der Waals surface area contributed by atoms with Crippen LogP contribution in [0.3, 0.4) is 0 Å². The topological polar surface area (TPSA) is 24.5 Å². The summed E-state index contributed by atoms with van der Waals surface area (Å²) in [5.74, 6) is 1.82. The van der Waals surface area contributed by atoms with Crippen LogP contribution in [0.25, 0.3) is 0 Å². The molecule has 2 aromatic carbocycles. The molecular formula is C21H28N2OS. The largest absolute Gasteiger partial charge is 0.457 e. The molecule has 0 aromatic heterocycles. The van der Waals surface area contributed by atoms with Crippen molar-refractivity contribution in [3.63, 3.8) is 0 Å². The van der Waals surface area contributed by atoms with E-state index in [1.165, 1.54) is 28.9 Å². The summed E-state index contributed by atoms with van der Waals surface area (Å²) in [6.45, 7) is 1.94. The highest BCUT2D eigenvalue weighted by atomic mass is 32.2. The number of nitrogens with zero attached hydrogens (tertiary/aromatic N) is 1. The lowest BCUT2D eigenvalue weighted by Crippen LogP contribution is -2.23. The summed E-state index contributed by atoms with van der Waals surface area (Å²) in [6, 6.07) is 15.7. The number of hydrogen-bond acceptors (Lipinski definition) is 4. The molecular weight excluding hydrogens is 328 g/mol. The third-order valence-corrected chi connectivity index (χ3v) is 5.45. The van der Waals surface area contributed by atoms with Crippen LogP contribution in [0.1, 0.15) is 24.0 Å². The first-order valence-corrected chi connectivity index (χ1v) is 10.2. The highest BCUT2D eigenvalue weighted by Crippen LogP contribution is 2.29. The van der Waals surface area contributed by atoms with Gasteiger partial charge in [0.1, 0.15) is 11.5 Å². The average molecular weight is 357 g/mol. The Labute approximate surface area is 155 Å². The fourth-order valence-corrected chi connectivity index (χ4v) is 3.40. The van der Waals surface area contributed by atoms with Gasteiger partial charge in [-0.15, -0.1) is 11.8 Å². The molecule has 1 saturated carbocycles. The molecule has 1 aliphatic rings. The molecule has 1 N–H and O–H groups in total. The lowest BCUT2D eigenvalue weighted by Gasteiger charge is -2.17. The van der Waals surface area contributed by atoms with Crippen LogP contribution in [0, 0.1) is 0 Å². The third kappa shape index (κ3) is 5.24. The normalized spacial score (nSPS) is 14.1. The maximum Gasteiger partial charge on any atom is 0.131 e. The molecule has 134 valence electrons. The number of benzene rings is 2. The Morgan fingerprint density at radius 2 is 1.92 bits per heavy atom. The van der Waals surface area contributed by atoms with E-state index in [1.54, 1.807) is 11.8 Å². The summed E-state index contributed by atoms with van der Waals surface area (Å²) in [6.07, 6.45) is 5.90. The van der Waals surface area contributed by atoms with Gasteiger partial charge in [-0.2, -0.15) is 0 Å². The van der Waals surface area contributed by atoms with Crippen molar-refractivity contribution in [1.29, 1.82) is 0 Å². The lowest BCUT2D eigenvalue weighted by molar-refractivity contribution is 0.328. The van der Waals surface area contributed by atoms with E-state index in [1.807, 2.05) is 19.2 Å². The second-order valence-corrected chi connectivity index (χ2v) is 7.59. The summed E-state index contributed by atoms with van der Waals surface area (Å²) in [5, 5.41) is 3.25. The smallest absolute Gasteiger partial charge is 0.131 e. The minimum atomic E-state index is 0.810. The highest BCUT2D eigenvalue weighted by molar-refractivity contribution is 7.98. The third-order valence-electron chi connectivity index (χ3n) is 4.70. The van der Waals surface area contributed by atoms with Crippen molar-refractivity contribution in [3.05, 3.63) is 53.6 Å². The molecule has 0 spiro atoms. The van der Waals surface area contributed by atoms with Crippen molar-refractivity contribution in [2.45, 2.75) is 36.7 Å². The van der Waals surface area contributed by atoms with Gasteiger partial charge in [0.15, 0.2) is 0 Å². The lowest BCUT2D eigenvalue weighted by atomic mass is 10.1. The summed E-state index contributed by atoms with van der Waals surface area (Å²) < 4.78 is 6.13. The first-order chi connectivity index (χ1) is 12.2. The molecule has 0 heterocycles. The Balaban J connectivity index is 1.68. The summed E-state index contributed by atoms with van der Waals surface area (Å²) in [4.78, 5) is 3.73. The number of ether oxygens (including phenoxy) is 1. The zero-order valence-corrected chi connectivity index (χ0v) is 16.2. The molecule has 0 radical (unpaired) electrons. The Kier molecular flexibility index (Phi) is 6.40. The molecule has 3 rings (SSSR count). The zero-order valence-electron chi connectivity index (χ0n) is 15.4. The van der Waals surface area contributed by atoms with Crippen LogP contribution in [-0.4, -0.2) is 37.8 Å². The van der Waals surface area contributed by atoms with Gasteiger partial charge in [0.25, 0.3) is 0 Å². The van der Waals surface area contributed by atoms with Crippen LogP contribution in [-0.2, 0) is 13.0 Å². The minimum absolute atomic E-state index is 0.810. The first kappa shape index (κ1) is 18.3. The fourth-order valence-electron chi connectivity index (χ4n) is 2.99. The van der Waals surface area contributed by atoms with E-state index in [-0.39, 0.29) is 0 Å². The monoisotopic (exact) mass is 356 g/mol. The van der Waals surface area contributed by atoms with Crippen molar-refractivity contribution in [3.8, 4) is 11.5 Å². The predicted molar refractivity (Wildman–Crippen MR) is 107 cm³/mol. The summed E-state index contributed by atoms with van der Waals surface area (Å²) in [7, 11) is 4.21. The van der Waals surface area contributed by atoms with Crippen molar-refractivity contribution < 1.29 is 4.74 Å². The second-order valence-electron chi connectivity index (χ2n) is 6.71. The summed E-state index contributed by atoms with van der Waals surface area (Å²) in [5.41, 5.74) is 2.59.